The van der Waals surface area contributed by atoms with Crippen molar-refractivity contribution in [2.75, 3.05) is 19.6 Å². The molecule has 3 aliphatic rings. The van der Waals surface area contributed by atoms with Gasteiger partial charge in [-0.1, -0.05) is 23.8 Å². The van der Waals surface area contributed by atoms with E-state index >= 15 is 0 Å². The average Bonchev–Trinajstić information content (AvgIpc) is 2.97. The van der Waals surface area contributed by atoms with Crippen molar-refractivity contribution >= 4 is 0 Å². The Bertz CT molecular complexity index is 419. The fourth-order valence-electron chi connectivity index (χ4n) is 3.53. The van der Waals surface area contributed by atoms with Crippen LogP contribution in [0.15, 0.2) is 35.6 Å². The quantitative estimate of drug-likeness (QED) is 0.786. The van der Waals surface area contributed by atoms with Crippen LogP contribution in [0.1, 0.15) is 45.4 Å². The van der Waals surface area contributed by atoms with Crippen LogP contribution in [0.4, 0.5) is 0 Å². The van der Waals surface area contributed by atoms with Gasteiger partial charge in [0, 0.05) is 24.8 Å². The average molecular weight is 272 g/mol. The first-order valence-electron chi connectivity index (χ1n) is 8.32. The van der Waals surface area contributed by atoms with Crippen LogP contribution >= 0.6 is 0 Å². The van der Waals surface area contributed by atoms with Crippen LogP contribution in [-0.2, 0) is 0 Å². The lowest BCUT2D eigenvalue weighted by atomic mass is 9.90. The van der Waals surface area contributed by atoms with E-state index in [1.807, 2.05) is 0 Å². The highest BCUT2D eigenvalue weighted by Crippen LogP contribution is 2.24. The minimum absolute atomic E-state index is 0.693. The molecule has 0 spiro atoms. The number of hydrogen-bond donors (Lipinski definition) is 1. The molecule has 1 N–H and O–H groups in total. The molecule has 2 atom stereocenters. The van der Waals surface area contributed by atoms with E-state index in [1.165, 1.54) is 63.9 Å². The topological polar surface area (TPSA) is 15.3 Å². The second-order valence-electron chi connectivity index (χ2n) is 6.64. The number of likely N-dealkylation sites (tertiary alicyclic amines) is 1. The van der Waals surface area contributed by atoms with Crippen molar-refractivity contribution in [3.05, 3.63) is 35.6 Å². The van der Waals surface area contributed by atoms with Gasteiger partial charge < -0.3 is 10.2 Å². The van der Waals surface area contributed by atoms with Gasteiger partial charge in [0.05, 0.1) is 0 Å². The third kappa shape index (κ3) is 3.54. The summed E-state index contributed by atoms with van der Waals surface area (Å²) < 4.78 is 0. The molecule has 1 aliphatic heterocycles. The SMILES string of the molecule is CC1=CCC(CNC2CCN(C3=CCCC=C3)C2)CC1. The highest BCUT2D eigenvalue weighted by Gasteiger charge is 2.24. The predicted octanol–water partition coefficient (Wildman–Crippen LogP) is 3.63. The van der Waals surface area contributed by atoms with E-state index < -0.39 is 0 Å². The Hall–Kier alpha value is -1.02. The third-order valence-corrected chi connectivity index (χ3v) is 4.97. The van der Waals surface area contributed by atoms with E-state index in [-0.39, 0.29) is 0 Å². The molecule has 1 heterocycles. The summed E-state index contributed by atoms with van der Waals surface area (Å²) in [6, 6.07) is 0.693. The summed E-state index contributed by atoms with van der Waals surface area (Å²) in [5.74, 6) is 0.863. The smallest absolute Gasteiger partial charge is 0.0332 e. The van der Waals surface area contributed by atoms with Gasteiger partial charge in [0.1, 0.15) is 0 Å². The molecule has 0 aromatic heterocycles. The number of hydrogen-bond acceptors (Lipinski definition) is 2. The van der Waals surface area contributed by atoms with E-state index in [1.54, 1.807) is 5.57 Å². The zero-order chi connectivity index (χ0) is 13.8. The Balaban J connectivity index is 1.42. The fraction of sp³-hybridized carbons (Fsp3) is 0.667. The Morgan fingerprint density at radius 2 is 2.20 bits per heavy atom. The van der Waals surface area contributed by atoms with Crippen molar-refractivity contribution in [3.63, 3.8) is 0 Å². The molecule has 2 nitrogen and oxygen atoms in total. The van der Waals surface area contributed by atoms with Crippen LogP contribution in [0.25, 0.3) is 0 Å². The monoisotopic (exact) mass is 272 g/mol. The number of nitrogens with one attached hydrogen (secondary N) is 1. The van der Waals surface area contributed by atoms with Crippen LogP contribution < -0.4 is 5.32 Å². The molecule has 2 unspecified atom stereocenters. The molecule has 0 radical (unpaired) electrons. The predicted molar refractivity (Wildman–Crippen MR) is 85.5 cm³/mol. The largest absolute Gasteiger partial charge is 0.370 e. The van der Waals surface area contributed by atoms with Crippen LogP contribution in [0, 0.1) is 5.92 Å². The zero-order valence-corrected chi connectivity index (χ0v) is 12.8. The number of nitrogens with zero attached hydrogens (tertiary/aromatic N) is 1. The molecule has 2 aliphatic carbocycles. The number of rotatable bonds is 4. The summed E-state index contributed by atoms with van der Waals surface area (Å²) >= 11 is 0. The van der Waals surface area contributed by atoms with Crippen LogP contribution in [0.2, 0.25) is 0 Å². The lowest BCUT2D eigenvalue weighted by Gasteiger charge is -2.24. The van der Waals surface area contributed by atoms with Gasteiger partial charge >= 0.3 is 0 Å². The molecule has 3 rings (SSSR count). The second kappa shape index (κ2) is 6.62. The standard InChI is InChI=1S/C18H28N2/c1-15-7-9-16(10-8-15)13-19-17-11-12-20(14-17)18-5-3-2-4-6-18/h3,5-7,16-17,19H,2,4,8-14H2,1H3. The van der Waals surface area contributed by atoms with E-state index in [9.17, 15) is 0 Å². The highest BCUT2D eigenvalue weighted by molar-refractivity contribution is 5.22. The molecular formula is C18H28N2. The summed E-state index contributed by atoms with van der Waals surface area (Å²) in [7, 11) is 0. The summed E-state index contributed by atoms with van der Waals surface area (Å²) in [5, 5.41) is 3.81. The molecule has 2 heteroatoms. The second-order valence-corrected chi connectivity index (χ2v) is 6.64. The Labute approximate surface area is 123 Å². The lowest BCUT2D eigenvalue weighted by Crippen LogP contribution is -2.36. The molecule has 1 saturated heterocycles. The maximum Gasteiger partial charge on any atom is 0.0332 e. The minimum atomic E-state index is 0.693. The maximum absolute atomic E-state index is 3.81. The van der Waals surface area contributed by atoms with Crippen LogP contribution in [0.3, 0.4) is 0 Å². The maximum atomic E-state index is 3.81. The first-order valence-corrected chi connectivity index (χ1v) is 8.32. The first-order chi connectivity index (χ1) is 9.81. The van der Waals surface area contributed by atoms with Crippen LogP contribution in [0.5, 0.6) is 0 Å². The van der Waals surface area contributed by atoms with Crippen molar-refractivity contribution in [1.82, 2.24) is 10.2 Å². The summed E-state index contributed by atoms with van der Waals surface area (Å²) in [5.41, 5.74) is 3.04. The first kappa shape index (κ1) is 13.9. The summed E-state index contributed by atoms with van der Waals surface area (Å²) in [6.07, 6.45) is 17.1. The van der Waals surface area contributed by atoms with Crippen molar-refractivity contribution in [2.24, 2.45) is 5.92 Å². The van der Waals surface area contributed by atoms with Gasteiger partial charge in [0.2, 0.25) is 0 Å². The molecular weight excluding hydrogens is 244 g/mol. The minimum Gasteiger partial charge on any atom is -0.370 e. The third-order valence-electron chi connectivity index (χ3n) is 4.97. The number of allylic oxidation sites excluding steroid dienone is 5. The Morgan fingerprint density at radius 1 is 1.25 bits per heavy atom. The lowest BCUT2D eigenvalue weighted by molar-refractivity contribution is 0.381. The van der Waals surface area contributed by atoms with Crippen molar-refractivity contribution in [2.45, 2.75) is 51.5 Å². The summed E-state index contributed by atoms with van der Waals surface area (Å²) in [4.78, 5) is 2.55. The molecule has 0 bridgehead atoms. The summed E-state index contributed by atoms with van der Waals surface area (Å²) in [6.45, 7) is 5.89. The van der Waals surface area contributed by atoms with Gasteiger partial charge in [-0.25, -0.2) is 0 Å². The highest BCUT2D eigenvalue weighted by atomic mass is 15.2. The van der Waals surface area contributed by atoms with Gasteiger partial charge in [0.15, 0.2) is 0 Å². The molecule has 0 aromatic carbocycles. The molecule has 1 fully saturated rings. The molecule has 0 aromatic rings. The van der Waals surface area contributed by atoms with Gasteiger partial charge in [-0.05, 0) is 64.0 Å². The zero-order valence-electron chi connectivity index (χ0n) is 12.8. The van der Waals surface area contributed by atoms with E-state index in [2.05, 4.69) is 41.4 Å². The van der Waals surface area contributed by atoms with Crippen molar-refractivity contribution in [1.29, 1.82) is 0 Å². The van der Waals surface area contributed by atoms with Gasteiger partial charge in [0.25, 0.3) is 0 Å². The van der Waals surface area contributed by atoms with E-state index in [0.717, 1.165) is 5.92 Å². The van der Waals surface area contributed by atoms with Crippen molar-refractivity contribution < 1.29 is 0 Å². The van der Waals surface area contributed by atoms with Gasteiger partial charge in [-0.3, -0.25) is 0 Å². The van der Waals surface area contributed by atoms with E-state index in [4.69, 9.17) is 0 Å². The van der Waals surface area contributed by atoms with Crippen LogP contribution in [-0.4, -0.2) is 30.6 Å². The Morgan fingerprint density at radius 3 is 2.95 bits per heavy atom. The van der Waals surface area contributed by atoms with Gasteiger partial charge in [-0.2, -0.15) is 0 Å². The molecule has 0 amide bonds. The van der Waals surface area contributed by atoms with Crippen molar-refractivity contribution in [3.8, 4) is 0 Å². The van der Waals surface area contributed by atoms with Gasteiger partial charge in [-0.15, -0.1) is 0 Å². The molecule has 0 saturated carbocycles. The van der Waals surface area contributed by atoms with E-state index in [0.29, 0.717) is 6.04 Å². The molecule has 110 valence electrons. The Kier molecular flexibility index (Phi) is 4.62. The fourth-order valence-corrected chi connectivity index (χ4v) is 3.53. The normalized spacial score (nSPS) is 30.4. The molecule has 20 heavy (non-hydrogen) atoms.